The van der Waals surface area contributed by atoms with Gasteiger partial charge in [-0.15, -0.1) is 0 Å². The molecule has 1 N–H and O–H groups in total. The first-order chi connectivity index (χ1) is 11.9. The van der Waals surface area contributed by atoms with E-state index in [9.17, 15) is 4.79 Å². The highest BCUT2D eigenvalue weighted by atomic mass is 35.5. The largest absolute Gasteiger partial charge is 0.322 e. The van der Waals surface area contributed by atoms with Crippen LogP contribution in [0.4, 0.5) is 5.69 Å². The Morgan fingerprint density at radius 3 is 2.40 bits per heavy atom. The topological polar surface area (TPSA) is 46.9 Å². The minimum Gasteiger partial charge on any atom is -0.322 e. The highest BCUT2D eigenvalue weighted by Gasteiger charge is 2.09. The summed E-state index contributed by atoms with van der Waals surface area (Å²) < 4.78 is 1.96. The van der Waals surface area contributed by atoms with Crippen molar-refractivity contribution in [3.05, 3.63) is 81.6 Å². The molecule has 5 heteroatoms. The maximum Gasteiger partial charge on any atom is 0.255 e. The first-order valence-electron chi connectivity index (χ1n) is 8.10. The number of aryl methyl sites for hydroxylation is 3. The molecule has 0 fully saturated rings. The van der Waals surface area contributed by atoms with Crippen molar-refractivity contribution >= 4 is 23.2 Å². The lowest BCUT2D eigenvalue weighted by Crippen LogP contribution is -2.13. The average Bonchev–Trinajstić information content (AvgIpc) is 2.88. The second kappa shape index (κ2) is 7.11. The van der Waals surface area contributed by atoms with Crippen molar-refractivity contribution in [2.24, 2.45) is 0 Å². The van der Waals surface area contributed by atoms with Crippen LogP contribution in [0.1, 0.15) is 32.9 Å². The van der Waals surface area contributed by atoms with Gasteiger partial charge in [-0.3, -0.25) is 9.48 Å². The molecule has 3 rings (SSSR count). The number of carbonyl (C=O) groups excluding carboxylic acids is 1. The van der Waals surface area contributed by atoms with Gasteiger partial charge in [-0.1, -0.05) is 23.7 Å². The van der Waals surface area contributed by atoms with E-state index in [2.05, 4.69) is 16.5 Å². The Bertz CT molecular complexity index is 913. The highest BCUT2D eigenvalue weighted by molar-refractivity contribution is 6.30. The van der Waals surface area contributed by atoms with Gasteiger partial charge in [0.25, 0.3) is 5.91 Å². The molecule has 4 nitrogen and oxygen atoms in total. The zero-order valence-electron chi connectivity index (χ0n) is 14.5. The summed E-state index contributed by atoms with van der Waals surface area (Å²) in [6.45, 7) is 6.63. The molecule has 0 bridgehead atoms. The minimum absolute atomic E-state index is 0.136. The van der Waals surface area contributed by atoms with E-state index in [0.717, 1.165) is 28.2 Å². The summed E-state index contributed by atoms with van der Waals surface area (Å²) >= 11 is 5.95. The zero-order chi connectivity index (χ0) is 18.0. The summed E-state index contributed by atoms with van der Waals surface area (Å²) in [4.78, 5) is 12.4. The standard InChI is InChI=1S/C20H20ClN3O/c1-13-10-18(21)8-9-19(13)22-20(25)17-6-4-16(5-7-17)12-24-15(3)11-14(2)23-24/h4-11H,12H2,1-3H3,(H,22,25). The molecule has 0 atom stereocenters. The molecule has 3 aromatic rings. The summed E-state index contributed by atoms with van der Waals surface area (Å²) in [5, 5.41) is 8.04. The number of amides is 1. The van der Waals surface area contributed by atoms with Gasteiger partial charge in [-0.2, -0.15) is 5.10 Å². The van der Waals surface area contributed by atoms with Crippen LogP contribution in [0.2, 0.25) is 5.02 Å². The number of carbonyl (C=O) groups is 1. The van der Waals surface area contributed by atoms with Gasteiger partial charge in [-0.25, -0.2) is 0 Å². The van der Waals surface area contributed by atoms with Gasteiger partial charge in [0.2, 0.25) is 0 Å². The van der Waals surface area contributed by atoms with Crippen LogP contribution >= 0.6 is 11.6 Å². The lowest BCUT2D eigenvalue weighted by molar-refractivity contribution is 0.102. The molecule has 0 radical (unpaired) electrons. The van der Waals surface area contributed by atoms with Crippen molar-refractivity contribution in [2.75, 3.05) is 5.32 Å². The molecular formula is C20H20ClN3O. The second-order valence-electron chi connectivity index (χ2n) is 6.20. The molecule has 0 unspecified atom stereocenters. The van der Waals surface area contributed by atoms with Gasteiger partial charge < -0.3 is 5.32 Å². The molecular weight excluding hydrogens is 334 g/mol. The third kappa shape index (κ3) is 4.09. The van der Waals surface area contributed by atoms with Gasteiger partial charge in [0.1, 0.15) is 0 Å². The Labute approximate surface area is 152 Å². The third-order valence-electron chi connectivity index (χ3n) is 4.09. The lowest BCUT2D eigenvalue weighted by Gasteiger charge is -2.10. The Morgan fingerprint density at radius 2 is 1.80 bits per heavy atom. The first-order valence-corrected chi connectivity index (χ1v) is 8.47. The number of hydrogen-bond donors (Lipinski definition) is 1. The van der Waals surface area contributed by atoms with Crippen LogP contribution in [-0.4, -0.2) is 15.7 Å². The maximum absolute atomic E-state index is 12.4. The molecule has 2 aromatic carbocycles. The van der Waals surface area contributed by atoms with Crippen LogP contribution in [0.3, 0.4) is 0 Å². The average molecular weight is 354 g/mol. The van der Waals surface area contributed by atoms with E-state index in [1.807, 2.05) is 61.9 Å². The zero-order valence-corrected chi connectivity index (χ0v) is 15.3. The van der Waals surface area contributed by atoms with Crippen LogP contribution in [0.25, 0.3) is 0 Å². The molecule has 128 valence electrons. The van der Waals surface area contributed by atoms with Gasteiger partial charge >= 0.3 is 0 Å². The number of aromatic nitrogens is 2. The van der Waals surface area contributed by atoms with Crippen molar-refractivity contribution in [1.82, 2.24) is 9.78 Å². The molecule has 1 aromatic heterocycles. The van der Waals surface area contributed by atoms with E-state index in [4.69, 9.17) is 11.6 Å². The van der Waals surface area contributed by atoms with Crippen LogP contribution in [-0.2, 0) is 6.54 Å². The smallest absolute Gasteiger partial charge is 0.255 e. The monoisotopic (exact) mass is 353 g/mol. The number of benzene rings is 2. The molecule has 1 heterocycles. The van der Waals surface area contributed by atoms with Crippen LogP contribution in [0.5, 0.6) is 0 Å². The van der Waals surface area contributed by atoms with Crippen molar-refractivity contribution < 1.29 is 4.79 Å². The molecule has 25 heavy (non-hydrogen) atoms. The summed E-state index contributed by atoms with van der Waals surface area (Å²) in [6.07, 6.45) is 0. The number of halogens is 1. The van der Waals surface area contributed by atoms with Crippen molar-refractivity contribution in [3.63, 3.8) is 0 Å². The molecule has 1 amide bonds. The molecule has 0 saturated carbocycles. The first kappa shape index (κ1) is 17.2. The van der Waals surface area contributed by atoms with E-state index in [1.165, 1.54) is 0 Å². The van der Waals surface area contributed by atoms with Crippen LogP contribution in [0, 0.1) is 20.8 Å². The van der Waals surface area contributed by atoms with Crippen molar-refractivity contribution in [1.29, 1.82) is 0 Å². The van der Waals surface area contributed by atoms with Crippen molar-refractivity contribution in [2.45, 2.75) is 27.3 Å². The Kier molecular flexibility index (Phi) is 4.91. The van der Waals surface area contributed by atoms with Crippen molar-refractivity contribution in [3.8, 4) is 0 Å². The van der Waals surface area contributed by atoms with E-state index in [1.54, 1.807) is 6.07 Å². The van der Waals surface area contributed by atoms with Gasteiger partial charge in [-0.05, 0) is 68.3 Å². The fraction of sp³-hybridized carbons (Fsp3) is 0.200. The fourth-order valence-electron chi connectivity index (χ4n) is 2.73. The SMILES string of the molecule is Cc1cc(C)n(Cc2ccc(C(=O)Nc3ccc(Cl)cc3C)cc2)n1. The summed E-state index contributed by atoms with van der Waals surface area (Å²) in [7, 11) is 0. The summed E-state index contributed by atoms with van der Waals surface area (Å²) in [5.74, 6) is -0.136. The summed E-state index contributed by atoms with van der Waals surface area (Å²) in [5.41, 5.74) is 5.55. The highest BCUT2D eigenvalue weighted by Crippen LogP contribution is 2.20. The third-order valence-corrected chi connectivity index (χ3v) is 4.32. The normalized spacial score (nSPS) is 10.7. The van der Waals surface area contributed by atoms with Crippen LogP contribution < -0.4 is 5.32 Å². The van der Waals surface area contributed by atoms with Crippen LogP contribution in [0.15, 0.2) is 48.5 Å². The fourth-order valence-corrected chi connectivity index (χ4v) is 2.96. The number of nitrogens with zero attached hydrogens (tertiary/aromatic N) is 2. The van der Waals surface area contributed by atoms with Gasteiger partial charge in [0.15, 0.2) is 0 Å². The van der Waals surface area contributed by atoms with Gasteiger partial charge in [0, 0.05) is 22.0 Å². The van der Waals surface area contributed by atoms with E-state index in [-0.39, 0.29) is 5.91 Å². The Morgan fingerprint density at radius 1 is 1.08 bits per heavy atom. The number of rotatable bonds is 4. The molecule has 0 aliphatic rings. The lowest BCUT2D eigenvalue weighted by atomic mass is 10.1. The second-order valence-corrected chi connectivity index (χ2v) is 6.63. The number of anilines is 1. The minimum atomic E-state index is -0.136. The Balaban J connectivity index is 1.71. The Hall–Kier alpha value is -2.59. The quantitative estimate of drug-likeness (QED) is 0.734. The molecule has 0 aliphatic heterocycles. The number of nitrogens with one attached hydrogen (secondary N) is 1. The molecule has 0 spiro atoms. The molecule has 0 aliphatic carbocycles. The predicted octanol–water partition coefficient (Wildman–Crippen LogP) is 4.76. The predicted molar refractivity (Wildman–Crippen MR) is 101 cm³/mol. The van der Waals surface area contributed by atoms with E-state index < -0.39 is 0 Å². The van der Waals surface area contributed by atoms with E-state index in [0.29, 0.717) is 17.1 Å². The summed E-state index contributed by atoms with van der Waals surface area (Å²) in [6, 6.07) is 15.0. The maximum atomic E-state index is 12.4. The van der Waals surface area contributed by atoms with E-state index >= 15 is 0 Å². The number of hydrogen-bond acceptors (Lipinski definition) is 2. The van der Waals surface area contributed by atoms with Gasteiger partial charge in [0.05, 0.1) is 12.2 Å². The molecule has 0 saturated heterocycles.